The molecule has 0 radical (unpaired) electrons. The molecule has 0 aliphatic carbocycles. The van der Waals surface area contributed by atoms with Crippen molar-refractivity contribution in [3.05, 3.63) is 54.1 Å². The fourth-order valence-corrected chi connectivity index (χ4v) is 2.56. The lowest BCUT2D eigenvalue weighted by Crippen LogP contribution is -2.39. The van der Waals surface area contributed by atoms with Gasteiger partial charge in [-0.2, -0.15) is 0 Å². The average molecular weight is 311 g/mol. The van der Waals surface area contributed by atoms with E-state index in [2.05, 4.69) is 5.32 Å². The van der Waals surface area contributed by atoms with Gasteiger partial charge < -0.3 is 20.7 Å². The molecule has 1 heterocycles. The minimum Gasteiger partial charge on any atom is -0.490 e. The van der Waals surface area contributed by atoms with E-state index in [1.807, 2.05) is 29.2 Å². The third-order valence-electron chi connectivity index (χ3n) is 3.63. The van der Waals surface area contributed by atoms with Gasteiger partial charge in [0.1, 0.15) is 12.4 Å². The van der Waals surface area contributed by atoms with Crippen molar-refractivity contribution in [2.75, 3.05) is 29.9 Å². The third kappa shape index (κ3) is 3.26. The van der Waals surface area contributed by atoms with E-state index < -0.39 is 5.91 Å². The zero-order valence-electron chi connectivity index (χ0n) is 12.5. The lowest BCUT2D eigenvalue weighted by Gasteiger charge is -2.30. The minimum absolute atomic E-state index is 0.174. The number of nitrogens with zero attached hydrogens (tertiary/aromatic N) is 1. The third-order valence-corrected chi connectivity index (χ3v) is 3.63. The van der Waals surface area contributed by atoms with Gasteiger partial charge in [-0.1, -0.05) is 24.3 Å². The number of benzene rings is 2. The van der Waals surface area contributed by atoms with Crippen molar-refractivity contribution < 1.29 is 14.3 Å². The van der Waals surface area contributed by atoms with Crippen molar-refractivity contribution in [2.24, 2.45) is 5.73 Å². The summed E-state index contributed by atoms with van der Waals surface area (Å²) in [7, 11) is 0. The summed E-state index contributed by atoms with van der Waals surface area (Å²) in [6, 6.07) is 14.3. The van der Waals surface area contributed by atoms with Gasteiger partial charge in [0.05, 0.1) is 30.0 Å². The van der Waals surface area contributed by atoms with Gasteiger partial charge in [-0.05, 0) is 24.3 Å². The Morgan fingerprint density at radius 3 is 2.70 bits per heavy atom. The molecule has 2 aromatic rings. The number of carbonyl (C=O) groups is 2. The molecule has 0 saturated carbocycles. The van der Waals surface area contributed by atoms with Gasteiger partial charge in [-0.25, -0.2) is 0 Å². The molecule has 1 aliphatic rings. The van der Waals surface area contributed by atoms with Crippen LogP contribution in [0.1, 0.15) is 10.4 Å². The van der Waals surface area contributed by atoms with E-state index >= 15 is 0 Å². The number of hydrogen-bond donors (Lipinski definition) is 2. The molecule has 3 rings (SSSR count). The van der Waals surface area contributed by atoms with Gasteiger partial charge in [0.2, 0.25) is 5.91 Å². The summed E-state index contributed by atoms with van der Waals surface area (Å²) < 4.78 is 5.57. The highest BCUT2D eigenvalue weighted by Crippen LogP contribution is 2.30. The number of para-hydroxylation sites is 3. The van der Waals surface area contributed by atoms with Crippen LogP contribution in [0.2, 0.25) is 0 Å². The number of primary amides is 1. The molecular weight excluding hydrogens is 294 g/mol. The molecule has 6 heteroatoms. The highest BCUT2D eigenvalue weighted by molar-refractivity contribution is 6.03. The summed E-state index contributed by atoms with van der Waals surface area (Å²) in [5, 5.41) is 2.75. The topological polar surface area (TPSA) is 84.7 Å². The van der Waals surface area contributed by atoms with Crippen LogP contribution >= 0.6 is 0 Å². The van der Waals surface area contributed by atoms with Crippen LogP contribution in [0.15, 0.2) is 48.5 Å². The molecule has 1 aliphatic heterocycles. The largest absolute Gasteiger partial charge is 0.490 e. The first-order valence-corrected chi connectivity index (χ1v) is 7.30. The monoisotopic (exact) mass is 311 g/mol. The first-order valence-electron chi connectivity index (χ1n) is 7.30. The first-order chi connectivity index (χ1) is 11.1. The van der Waals surface area contributed by atoms with Gasteiger partial charge in [-0.3, -0.25) is 9.59 Å². The van der Waals surface area contributed by atoms with Gasteiger partial charge in [0.15, 0.2) is 0 Å². The Morgan fingerprint density at radius 1 is 1.13 bits per heavy atom. The first kappa shape index (κ1) is 14.9. The van der Waals surface area contributed by atoms with Crippen LogP contribution in [0.25, 0.3) is 0 Å². The molecule has 6 nitrogen and oxygen atoms in total. The highest BCUT2D eigenvalue weighted by Gasteiger charge is 2.20. The lowest BCUT2D eigenvalue weighted by molar-refractivity contribution is -0.115. The van der Waals surface area contributed by atoms with E-state index in [4.69, 9.17) is 10.5 Å². The van der Waals surface area contributed by atoms with Gasteiger partial charge in [0.25, 0.3) is 5.91 Å². The Labute approximate surface area is 133 Å². The van der Waals surface area contributed by atoms with Crippen molar-refractivity contribution in [3.8, 4) is 5.75 Å². The van der Waals surface area contributed by atoms with E-state index in [0.717, 1.165) is 11.4 Å². The van der Waals surface area contributed by atoms with E-state index in [0.29, 0.717) is 24.4 Å². The molecule has 118 valence electrons. The van der Waals surface area contributed by atoms with E-state index in [1.165, 1.54) is 0 Å². The van der Waals surface area contributed by atoms with Gasteiger partial charge in [-0.15, -0.1) is 0 Å². The number of rotatable bonds is 4. The molecule has 0 saturated heterocycles. The van der Waals surface area contributed by atoms with Crippen LogP contribution in [-0.2, 0) is 4.79 Å². The maximum atomic E-state index is 12.3. The van der Waals surface area contributed by atoms with Gasteiger partial charge >= 0.3 is 0 Å². The number of carbonyl (C=O) groups excluding carboxylic acids is 2. The summed E-state index contributed by atoms with van der Waals surface area (Å²) in [6.07, 6.45) is 0. The second-order valence-electron chi connectivity index (χ2n) is 5.20. The van der Waals surface area contributed by atoms with Crippen molar-refractivity contribution in [1.82, 2.24) is 0 Å². The van der Waals surface area contributed by atoms with Gasteiger partial charge in [0, 0.05) is 0 Å². The molecule has 2 amide bonds. The maximum Gasteiger partial charge on any atom is 0.250 e. The van der Waals surface area contributed by atoms with Crippen LogP contribution in [0, 0.1) is 0 Å². The Kier molecular flexibility index (Phi) is 4.14. The quantitative estimate of drug-likeness (QED) is 0.898. The molecule has 0 bridgehead atoms. The second kappa shape index (κ2) is 6.39. The van der Waals surface area contributed by atoms with Crippen LogP contribution in [0.3, 0.4) is 0 Å². The summed E-state index contributed by atoms with van der Waals surface area (Å²) in [5.74, 6) is -0.0166. The standard InChI is InChI=1S/C17H17N3O3/c18-17(22)12-5-1-2-6-13(12)19-16(21)11-20-9-10-23-15-8-4-3-7-14(15)20/h1-8H,9-11H2,(H2,18,22)(H,19,21). The summed E-state index contributed by atoms with van der Waals surface area (Å²) in [5.41, 5.74) is 6.92. The van der Waals surface area contributed by atoms with Crippen molar-refractivity contribution in [3.63, 3.8) is 0 Å². The number of nitrogens with two attached hydrogens (primary N) is 1. The smallest absolute Gasteiger partial charge is 0.250 e. The van der Waals surface area contributed by atoms with E-state index in [1.54, 1.807) is 24.3 Å². The number of fused-ring (bicyclic) bond motifs is 1. The van der Waals surface area contributed by atoms with Crippen LogP contribution in [0.5, 0.6) is 5.75 Å². The van der Waals surface area contributed by atoms with Crippen LogP contribution in [-0.4, -0.2) is 31.5 Å². The number of nitrogens with one attached hydrogen (secondary N) is 1. The number of hydrogen-bond acceptors (Lipinski definition) is 4. The van der Waals surface area contributed by atoms with Crippen molar-refractivity contribution in [1.29, 1.82) is 0 Å². The summed E-state index contributed by atoms with van der Waals surface area (Å²) in [4.78, 5) is 25.7. The molecule has 0 spiro atoms. The number of ether oxygens (including phenoxy) is 1. The highest BCUT2D eigenvalue weighted by atomic mass is 16.5. The number of amides is 2. The Morgan fingerprint density at radius 2 is 1.87 bits per heavy atom. The second-order valence-corrected chi connectivity index (χ2v) is 5.20. The molecular formula is C17H17N3O3. The van der Waals surface area contributed by atoms with Crippen LogP contribution < -0.4 is 20.7 Å². The summed E-state index contributed by atoms with van der Waals surface area (Å²) >= 11 is 0. The zero-order chi connectivity index (χ0) is 16.2. The van der Waals surface area contributed by atoms with E-state index in [9.17, 15) is 9.59 Å². The lowest BCUT2D eigenvalue weighted by atomic mass is 10.1. The molecule has 3 N–H and O–H groups in total. The fourth-order valence-electron chi connectivity index (χ4n) is 2.56. The molecule has 23 heavy (non-hydrogen) atoms. The molecule has 0 atom stereocenters. The van der Waals surface area contributed by atoms with Crippen molar-refractivity contribution >= 4 is 23.2 Å². The van der Waals surface area contributed by atoms with E-state index in [-0.39, 0.29) is 12.5 Å². The molecule has 2 aromatic carbocycles. The molecule has 0 aromatic heterocycles. The predicted octanol–water partition coefficient (Wildman–Crippen LogP) is 1.62. The Hall–Kier alpha value is -3.02. The van der Waals surface area contributed by atoms with Crippen molar-refractivity contribution in [2.45, 2.75) is 0 Å². The maximum absolute atomic E-state index is 12.3. The fraction of sp³-hybridized carbons (Fsp3) is 0.176. The molecule has 0 unspecified atom stereocenters. The average Bonchev–Trinajstić information content (AvgIpc) is 2.55. The predicted molar refractivity (Wildman–Crippen MR) is 87.7 cm³/mol. The minimum atomic E-state index is -0.572. The zero-order valence-corrected chi connectivity index (χ0v) is 12.5. The summed E-state index contributed by atoms with van der Waals surface area (Å²) in [6.45, 7) is 1.33. The van der Waals surface area contributed by atoms with Crippen LogP contribution in [0.4, 0.5) is 11.4 Å². The Bertz CT molecular complexity index is 745. The number of anilines is 2. The normalized spacial score (nSPS) is 13.0. The SMILES string of the molecule is NC(=O)c1ccccc1NC(=O)CN1CCOc2ccccc21. The molecule has 0 fully saturated rings. The Balaban J connectivity index is 1.73.